The van der Waals surface area contributed by atoms with Crippen molar-refractivity contribution in [3.05, 3.63) is 76.7 Å². The molecule has 1 aromatic heterocycles. The van der Waals surface area contributed by atoms with E-state index in [1.807, 2.05) is 19.1 Å². The van der Waals surface area contributed by atoms with Gasteiger partial charge in [0.05, 0.1) is 25.0 Å². The van der Waals surface area contributed by atoms with Crippen LogP contribution >= 0.6 is 11.6 Å². The molecule has 0 bridgehead atoms. The number of anilines is 1. The lowest BCUT2D eigenvalue weighted by Crippen LogP contribution is -2.23. The van der Waals surface area contributed by atoms with E-state index in [0.717, 1.165) is 12.0 Å². The van der Waals surface area contributed by atoms with Crippen LogP contribution in [0.2, 0.25) is 5.02 Å². The number of halogens is 1. The first-order chi connectivity index (χ1) is 15.0. The van der Waals surface area contributed by atoms with Gasteiger partial charge in [-0.1, -0.05) is 30.7 Å². The Hall–Kier alpha value is -3.45. The van der Waals surface area contributed by atoms with Gasteiger partial charge < -0.3 is 24.5 Å². The summed E-state index contributed by atoms with van der Waals surface area (Å²) in [5, 5.41) is 5.90. The maximum absolute atomic E-state index is 12.6. The smallest absolute Gasteiger partial charge is 0.291 e. The molecule has 2 amide bonds. The Morgan fingerprint density at radius 1 is 1.10 bits per heavy atom. The van der Waals surface area contributed by atoms with Crippen molar-refractivity contribution in [2.45, 2.75) is 19.9 Å². The lowest BCUT2D eigenvalue weighted by atomic mass is 10.1. The largest absolute Gasteiger partial charge is 0.493 e. The lowest BCUT2D eigenvalue weighted by molar-refractivity contribution is 0.0949. The van der Waals surface area contributed by atoms with E-state index in [-0.39, 0.29) is 17.6 Å². The highest BCUT2D eigenvalue weighted by molar-refractivity contribution is 6.32. The number of hydrogen-bond acceptors (Lipinski definition) is 5. The molecule has 0 aliphatic heterocycles. The Labute approximate surface area is 185 Å². The lowest BCUT2D eigenvalue weighted by Gasteiger charge is -2.14. The molecule has 3 aromatic rings. The SMILES string of the molecule is CCCOc1c(Cl)cc(C(=O)NCc2ccc(NC(=O)c3ccco3)cc2)cc1OC. The highest BCUT2D eigenvalue weighted by atomic mass is 35.5. The van der Waals surface area contributed by atoms with Gasteiger partial charge in [-0.25, -0.2) is 0 Å². The Morgan fingerprint density at radius 3 is 2.52 bits per heavy atom. The quantitative estimate of drug-likeness (QED) is 0.491. The van der Waals surface area contributed by atoms with Gasteiger partial charge >= 0.3 is 0 Å². The number of carbonyl (C=O) groups excluding carboxylic acids is 2. The fourth-order valence-electron chi connectivity index (χ4n) is 2.79. The summed E-state index contributed by atoms with van der Waals surface area (Å²) >= 11 is 6.28. The van der Waals surface area contributed by atoms with E-state index in [1.54, 1.807) is 36.4 Å². The Bertz CT molecular complexity index is 1030. The van der Waals surface area contributed by atoms with Crippen LogP contribution in [0.3, 0.4) is 0 Å². The first kappa shape index (κ1) is 22.2. The van der Waals surface area contributed by atoms with Gasteiger partial charge in [-0.05, 0) is 48.4 Å². The zero-order valence-electron chi connectivity index (χ0n) is 17.2. The number of furan rings is 1. The maximum Gasteiger partial charge on any atom is 0.291 e. The average Bonchev–Trinajstić information content (AvgIpc) is 3.32. The van der Waals surface area contributed by atoms with E-state index < -0.39 is 0 Å². The molecule has 0 unspecified atom stereocenters. The predicted octanol–water partition coefficient (Wildman–Crippen LogP) is 4.91. The molecule has 162 valence electrons. The molecule has 0 atom stereocenters. The number of carbonyl (C=O) groups is 2. The second-order valence-corrected chi connectivity index (χ2v) is 7.06. The van der Waals surface area contributed by atoms with Crippen LogP contribution < -0.4 is 20.1 Å². The minimum absolute atomic E-state index is 0.233. The van der Waals surface area contributed by atoms with E-state index in [4.69, 9.17) is 25.5 Å². The van der Waals surface area contributed by atoms with Gasteiger partial charge in [0.15, 0.2) is 17.3 Å². The maximum atomic E-state index is 12.6. The summed E-state index contributed by atoms with van der Waals surface area (Å²) in [4.78, 5) is 24.6. The van der Waals surface area contributed by atoms with Crippen LogP contribution in [0.4, 0.5) is 5.69 Å². The van der Waals surface area contributed by atoms with E-state index in [1.165, 1.54) is 13.4 Å². The topological polar surface area (TPSA) is 89.8 Å². The first-order valence-electron chi connectivity index (χ1n) is 9.74. The fourth-order valence-corrected chi connectivity index (χ4v) is 3.05. The third kappa shape index (κ3) is 5.79. The zero-order valence-corrected chi connectivity index (χ0v) is 18.0. The Kier molecular flexibility index (Phi) is 7.56. The van der Waals surface area contributed by atoms with Gasteiger partial charge in [0.2, 0.25) is 0 Å². The number of rotatable bonds is 9. The monoisotopic (exact) mass is 442 g/mol. The van der Waals surface area contributed by atoms with Crippen LogP contribution in [0.25, 0.3) is 0 Å². The van der Waals surface area contributed by atoms with Gasteiger partial charge in [0.1, 0.15) is 0 Å². The predicted molar refractivity (Wildman–Crippen MR) is 118 cm³/mol. The average molecular weight is 443 g/mol. The van der Waals surface area contributed by atoms with Crippen molar-refractivity contribution in [2.75, 3.05) is 19.0 Å². The summed E-state index contributed by atoms with van der Waals surface area (Å²) in [5.74, 6) is 0.440. The van der Waals surface area contributed by atoms with E-state index in [9.17, 15) is 9.59 Å². The Morgan fingerprint density at radius 2 is 1.87 bits per heavy atom. The number of ether oxygens (including phenoxy) is 2. The number of hydrogen-bond donors (Lipinski definition) is 2. The van der Waals surface area contributed by atoms with E-state index >= 15 is 0 Å². The molecule has 8 heteroatoms. The van der Waals surface area contributed by atoms with Crippen LogP contribution in [-0.2, 0) is 6.54 Å². The normalized spacial score (nSPS) is 10.4. The molecule has 0 aliphatic carbocycles. The highest BCUT2D eigenvalue weighted by Crippen LogP contribution is 2.36. The molecule has 0 fully saturated rings. The van der Waals surface area contributed by atoms with Crippen LogP contribution in [0.1, 0.15) is 39.8 Å². The molecule has 1 heterocycles. The summed E-state index contributed by atoms with van der Waals surface area (Å²) in [6, 6.07) is 13.5. The second-order valence-electron chi connectivity index (χ2n) is 6.65. The van der Waals surface area contributed by atoms with Crippen molar-refractivity contribution >= 4 is 29.1 Å². The summed E-state index contributed by atoms with van der Waals surface area (Å²) in [7, 11) is 1.50. The van der Waals surface area contributed by atoms with Crippen LogP contribution in [0.15, 0.2) is 59.2 Å². The molecule has 0 spiro atoms. The molecule has 0 aliphatic rings. The van der Waals surface area contributed by atoms with E-state index in [2.05, 4.69) is 10.6 Å². The molecule has 3 rings (SSSR count). The van der Waals surface area contributed by atoms with Crippen LogP contribution in [-0.4, -0.2) is 25.5 Å². The molecule has 2 aromatic carbocycles. The van der Waals surface area contributed by atoms with Crippen molar-refractivity contribution in [1.82, 2.24) is 5.32 Å². The third-order valence-corrected chi connectivity index (χ3v) is 4.63. The molecule has 0 saturated carbocycles. The van der Waals surface area contributed by atoms with Crippen molar-refractivity contribution in [3.8, 4) is 11.5 Å². The minimum atomic E-state index is -0.330. The third-order valence-electron chi connectivity index (χ3n) is 4.35. The van der Waals surface area contributed by atoms with Crippen molar-refractivity contribution in [2.24, 2.45) is 0 Å². The molecule has 2 N–H and O–H groups in total. The standard InChI is InChI=1S/C23H23ClN2O5/c1-3-10-31-21-18(24)12-16(13-20(21)29-2)22(27)25-14-15-6-8-17(9-7-15)26-23(28)19-5-4-11-30-19/h4-9,11-13H,3,10,14H2,1-2H3,(H,25,27)(H,26,28). The minimum Gasteiger partial charge on any atom is -0.493 e. The molecule has 7 nitrogen and oxygen atoms in total. The highest BCUT2D eigenvalue weighted by Gasteiger charge is 2.16. The number of methoxy groups -OCH3 is 1. The molecule has 31 heavy (non-hydrogen) atoms. The summed E-state index contributed by atoms with van der Waals surface area (Å²) in [5.41, 5.74) is 1.86. The molecule has 0 radical (unpaired) electrons. The van der Waals surface area contributed by atoms with Gasteiger partial charge in [-0.2, -0.15) is 0 Å². The van der Waals surface area contributed by atoms with Crippen molar-refractivity contribution in [3.63, 3.8) is 0 Å². The number of amides is 2. The van der Waals surface area contributed by atoms with Crippen molar-refractivity contribution in [1.29, 1.82) is 0 Å². The molecular weight excluding hydrogens is 420 g/mol. The van der Waals surface area contributed by atoms with Gasteiger partial charge in [-0.3, -0.25) is 9.59 Å². The Balaban J connectivity index is 1.60. The van der Waals surface area contributed by atoms with E-state index in [0.29, 0.717) is 40.9 Å². The fraction of sp³-hybridized carbons (Fsp3) is 0.217. The summed E-state index contributed by atoms with van der Waals surface area (Å²) < 4.78 is 16.0. The summed E-state index contributed by atoms with van der Waals surface area (Å²) in [6.45, 7) is 2.79. The van der Waals surface area contributed by atoms with Gasteiger partial charge in [0, 0.05) is 17.8 Å². The van der Waals surface area contributed by atoms with Crippen LogP contribution in [0, 0.1) is 0 Å². The zero-order chi connectivity index (χ0) is 22.2. The second kappa shape index (κ2) is 10.5. The van der Waals surface area contributed by atoms with Gasteiger partial charge in [0.25, 0.3) is 11.8 Å². The number of benzene rings is 2. The van der Waals surface area contributed by atoms with Crippen molar-refractivity contribution < 1.29 is 23.5 Å². The van der Waals surface area contributed by atoms with Gasteiger partial charge in [-0.15, -0.1) is 0 Å². The van der Waals surface area contributed by atoms with Crippen LogP contribution in [0.5, 0.6) is 11.5 Å². The molecule has 0 saturated heterocycles. The number of nitrogens with one attached hydrogen (secondary N) is 2. The summed E-state index contributed by atoms with van der Waals surface area (Å²) in [6.07, 6.45) is 2.27. The molecular formula is C23H23ClN2O5. The first-order valence-corrected chi connectivity index (χ1v) is 10.1.